The van der Waals surface area contributed by atoms with Gasteiger partial charge in [-0.05, 0) is 55.8 Å². The van der Waals surface area contributed by atoms with Gasteiger partial charge in [0.1, 0.15) is 0 Å². The molecule has 0 aromatic heterocycles. The monoisotopic (exact) mass is 370 g/mol. The zero-order valence-corrected chi connectivity index (χ0v) is 16.8. The van der Waals surface area contributed by atoms with E-state index in [0.29, 0.717) is 17.7 Å². The summed E-state index contributed by atoms with van der Waals surface area (Å²) in [5.74, 6) is 0.358. The fourth-order valence-electron chi connectivity index (χ4n) is 4.92. The molecule has 0 saturated carbocycles. The Morgan fingerprint density at radius 1 is 1.07 bits per heavy atom. The van der Waals surface area contributed by atoms with Crippen molar-refractivity contribution in [1.29, 1.82) is 0 Å². The van der Waals surface area contributed by atoms with Crippen LogP contribution in [0.15, 0.2) is 24.3 Å². The van der Waals surface area contributed by atoms with Crippen molar-refractivity contribution in [2.75, 3.05) is 63.8 Å². The van der Waals surface area contributed by atoms with E-state index in [4.69, 9.17) is 0 Å². The summed E-state index contributed by atoms with van der Waals surface area (Å²) in [5, 5.41) is 3.50. The molecule has 1 amide bonds. The maximum absolute atomic E-state index is 12.6. The van der Waals surface area contributed by atoms with Crippen LogP contribution in [0.2, 0.25) is 0 Å². The number of benzene rings is 1. The van der Waals surface area contributed by atoms with Gasteiger partial charge < -0.3 is 15.1 Å². The zero-order valence-electron chi connectivity index (χ0n) is 16.8. The highest BCUT2D eigenvalue weighted by molar-refractivity contribution is 5.76. The van der Waals surface area contributed by atoms with Crippen molar-refractivity contribution in [3.8, 4) is 0 Å². The van der Waals surface area contributed by atoms with Crippen LogP contribution in [-0.2, 0) is 4.79 Å². The van der Waals surface area contributed by atoms with Gasteiger partial charge in [0.25, 0.3) is 0 Å². The highest BCUT2D eigenvalue weighted by atomic mass is 16.2. The number of nitrogens with zero attached hydrogens (tertiary/aromatic N) is 3. The number of piperidine rings is 1. The Bertz CT molecular complexity index is 637. The van der Waals surface area contributed by atoms with Crippen LogP contribution in [0.3, 0.4) is 0 Å². The molecule has 0 atom stereocenters. The number of anilines is 1. The van der Waals surface area contributed by atoms with E-state index in [1.807, 2.05) is 0 Å². The molecule has 4 rings (SSSR count). The molecular formula is C22H34N4O. The van der Waals surface area contributed by atoms with Gasteiger partial charge in [0.15, 0.2) is 0 Å². The number of piperazine rings is 1. The Kier molecular flexibility index (Phi) is 5.69. The summed E-state index contributed by atoms with van der Waals surface area (Å²) < 4.78 is 0. The second-order valence-corrected chi connectivity index (χ2v) is 8.73. The van der Waals surface area contributed by atoms with Crippen molar-refractivity contribution in [2.24, 2.45) is 5.41 Å². The van der Waals surface area contributed by atoms with Crippen LogP contribution in [0.25, 0.3) is 0 Å². The van der Waals surface area contributed by atoms with Crippen LogP contribution >= 0.6 is 0 Å². The van der Waals surface area contributed by atoms with E-state index in [0.717, 1.165) is 58.9 Å². The first-order chi connectivity index (χ1) is 13.1. The first-order valence-electron chi connectivity index (χ1n) is 10.7. The van der Waals surface area contributed by atoms with Gasteiger partial charge in [-0.2, -0.15) is 0 Å². The second kappa shape index (κ2) is 8.19. The number of nitrogens with one attached hydrogen (secondary N) is 1. The van der Waals surface area contributed by atoms with Crippen molar-refractivity contribution >= 4 is 11.6 Å². The topological polar surface area (TPSA) is 38.8 Å². The average Bonchev–Trinajstić information content (AvgIpc) is 3.15. The molecule has 1 aromatic carbocycles. The lowest BCUT2D eigenvalue weighted by atomic mass is 9.78. The van der Waals surface area contributed by atoms with Gasteiger partial charge >= 0.3 is 0 Å². The number of amides is 1. The van der Waals surface area contributed by atoms with E-state index in [-0.39, 0.29) is 0 Å². The van der Waals surface area contributed by atoms with Crippen LogP contribution in [0.1, 0.15) is 31.2 Å². The summed E-state index contributed by atoms with van der Waals surface area (Å²) in [5.41, 5.74) is 3.13. The maximum Gasteiger partial charge on any atom is 0.223 e. The highest BCUT2D eigenvalue weighted by Gasteiger charge is 2.37. The number of rotatable bonds is 4. The Balaban J connectivity index is 1.18. The van der Waals surface area contributed by atoms with Gasteiger partial charge in [-0.25, -0.2) is 0 Å². The molecule has 0 aliphatic carbocycles. The number of likely N-dealkylation sites (tertiary alicyclic amines) is 1. The first kappa shape index (κ1) is 18.8. The van der Waals surface area contributed by atoms with Crippen LogP contribution < -0.4 is 10.2 Å². The Hall–Kier alpha value is -1.59. The van der Waals surface area contributed by atoms with E-state index in [1.54, 1.807) is 0 Å². The second-order valence-electron chi connectivity index (χ2n) is 8.73. The van der Waals surface area contributed by atoms with Gasteiger partial charge in [0, 0.05) is 64.5 Å². The fraction of sp³-hybridized carbons (Fsp3) is 0.682. The first-order valence-corrected chi connectivity index (χ1v) is 10.7. The lowest BCUT2D eigenvalue weighted by molar-refractivity contribution is -0.133. The van der Waals surface area contributed by atoms with Crippen molar-refractivity contribution < 1.29 is 4.79 Å². The molecule has 3 heterocycles. The van der Waals surface area contributed by atoms with Crippen LogP contribution in [0.4, 0.5) is 5.69 Å². The zero-order chi connectivity index (χ0) is 18.7. The van der Waals surface area contributed by atoms with Gasteiger partial charge in [-0.3, -0.25) is 9.69 Å². The fourth-order valence-corrected chi connectivity index (χ4v) is 4.92. The smallest absolute Gasteiger partial charge is 0.223 e. The third-order valence-electron chi connectivity index (χ3n) is 6.89. The molecule has 1 spiro atoms. The molecule has 5 heteroatoms. The minimum absolute atomic E-state index is 0.358. The molecule has 3 fully saturated rings. The van der Waals surface area contributed by atoms with Crippen LogP contribution in [-0.4, -0.2) is 74.6 Å². The van der Waals surface area contributed by atoms with E-state index < -0.39 is 0 Å². The standard InChI is InChI=1S/C22H34N4O/c1-19-3-2-4-20(17-19)25-15-13-24(14-16-25)10-5-21(27)26-11-7-22(8-12-26)6-9-23-18-22/h2-4,17,23H,5-16,18H2,1H3. The van der Waals surface area contributed by atoms with Gasteiger partial charge in [0.05, 0.1) is 0 Å². The maximum atomic E-state index is 12.6. The minimum atomic E-state index is 0.358. The number of carbonyl (C=O) groups excluding carboxylic acids is 1. The van der Waals surface area contributed by atoms with Gasteiger partial charge in [-0.1, -0.05) is 12.1 Å². The Morgan fingerprint density at radius 2 is 1.85 bits per heavy atom. The molecular weight excluding hydrogens is 336 g/mol. The van der Waals surface area contributed by atoms with Gasteiger partial charge in [-0.15, -0.1) is 0 Å². The number of carbonyl (C=O) groups is 1. The van der Waals surface area contributed by atoms with Crippen molar-refractivity contribution in [3.63, 3.8) is 0 Å². The molecule has 3 aliphatic rings. The van der Waals surface area contributed by atoms with E-state index in [1.165, 1.54) is 30.5 Å². The summed E-state index contributed by atoms with van der Waals surface area (Å²) >= 11 is 0. The van der Waals surface area contributed by atoms with Crippen molar-refractivity contribution in [2.45, 2.75) is 32.6 Å². The molecule has 3 saturated heterocycles. The summed E-state index contributed by atoms with van der Waals surface area (Å²) in [6, 6.07) is 8.76. The predicted molar refractivity (Wildman–Crippen MR) is 110 cm³/mol. The lowest BCUT2D eigenvalue weighted by Crippen LogP contribution is -2.48. The number of aryl methyl sites for hydroxylation is 1. The van der Waals surface area contributed by atoms with E-state index in [9.17, 15) is 4.79 Å². The predicted octanol–water partition coefficient (Wildman–Crippen LogP) is 2.11. The molecule has 5 nitrogen and oxygen atoms in total. The molecule has 27 heavy (non-hydrogen) atoms. The molecule has 0 bridgehead atoms. The summed E-state index contributed by atoms with van der Waals surface area (Å²) in [7, 11) is 0. The van der Waals surface area contributed by atoms with Crippen LogP contribution in [0.5, 0.6) is 0 Å². The summed E-state index contributed by atoms with van der Waals surface area (Å²) in [6.45, 7) is 11.5. The van der Waals surface area contributed by atoms with Crippen molar-refractivity contribution in [1.82, 2.24) is 15.1 Å². The summed E-state index contributed by atoms with van der Waals surface area (Å²) in [4.78, 5) is 19.7. The molecule has 1 aromatic rings. The third kappa shape index (κ3) is 4.46. The average molecular weight is 371 g/mol. The van der Waals surface area contributed by atoms with E-state index >= 15 is 0 Å². The lowest BCUT2D eigenvalue weighted by Gasteiger charge is -2.39. The normalized spacial score (nSPS) is 23.1. The van der Waals surface area contributed by atoms with Crippen LogP contribution in [0, 0.1) is 12.3 Å². The molecule has 0 unspecified atom stereocenters. The molecule has 0 radical (unpaired) electrons. The molecule has 148 valence electrons. The molecule has 1 N–H and O–H groups in total. The number of hydrogen-bond donors (Lipinski definition) is 1. The minimum Gasteiger partial charge on any atom is -0.369 e. The van der Waals surface area contributed by atoms with Gasteiger partial charge in [0.2, 0.25) is 5.91 Å². The summed E-state index contributed by atoms with van der Waals surface area (Å²) in [6.07, 6.45) is 4.33. The largest absolute Gasteiger partial charge is 0.369 e. The third-order valence-corrected chi connectivity index (χ3v) is 6.89. The molecule has 3 aliphatic heterocycles. The Labute approximate surface area is 163 Å². The Morgan fingerprint density at radius 3 is 2.52 bits per heavy atom. The number of hydrogen-bond acceptors (Lipinski definition) is 4. The SMILES string of the molecule is Cc1cccc(N2CCN(CCC(=O)N3CCC4(CCNC4)CC3)CC2)c1. The highest BCUT2D eigenvalue weighted by Crippen LogP contribution is 2.37. The van der Waals surface area contributed by atoms with Crippen molar-refractivity contribution in [3.05, 3.63) is 29.8 Å². The van der Waals surface area contributed by atoms with E-state index in [2.05, 4.69) is 51.2 Å². The quantitative estimate of drug-likeness (QED) is 0.881.